The lowest BCUT2D eigenvalue weighted by atomic mass is 9.93. The van der Waals surface area contributed by atoms with Crippen LogP contribution in [0, 0.1) is 0 Å². The van der Waals surface area contributed by atoms with Crippen LogP contribution in [0.15, 0.2) is 35.7 Å². The second kappa shape index (κ2) is 5.56. The molecule has 1 aliphatic heterocycles. The minimum atomic E-state index is -0.805. The molecule has 1 aromatic carbocycles. The Labute approximate surface area is 126 Å². The second-order valence-electron chi connectivity index (χ2n) is 4.84. The number of halogens is 1. The molecular formula is C15H14ClNO2S. The first-order valence-electron chi connectivity index (χ1n) is 6.43. The molecule has 0 bridgehead atoms. The van der Waals surface area contributed by atoms with Crippen LogP contribution in [0.3, 0.4) is 0 Å². The topological polar surface area (TPSA) is 40.5 Å². The van der Waals surface area contributed by atoms with E-state index in [4.69, 9.17) is 16.7 Å². The van der Waals surface area contributed by atoms with Gasteiger partial charge in [0.2, 0.25) is 0 Å². The standard InChI is InChI=1S/C15H14ClNO2S/c16-12-4-2-1-3-10(12)15-11-6-8-20-13(11)5-7-17(15)9-14(18)19/h1-4,6,8,15H,5,7,9H2,(H,18,19)/t15-/m1/s1. The first kappa shape index (κ1) is 13.6. The fourth-order valence-corrected chi connectivity index (χ4v) is 3.92. The third kappa shape index (κ3) is 2.46. The highest BCUT2D eigenvalue weighted by molar-refractivity contribution is 7.10. The molecule has 20 heavy (non-hydrogen) atoms. The third-order valence-corrected chi connectivity index (χ3v) is 4.94. The molecular weight excluding hydrogens is 294 g/mol. The zero-order valence-electron chi connectivity index (χ0n) is 10.8. The number of rotatable bonds is 3. The molecule has 0 aliphatic carbocycles. The Hall–Kier alpha value is -1.36. The Morgan fingerprint density at radius 2 is 2.15 bits per heavy atom. The van der Waals surface area contributed by atoms with E-state index in [0.717, 1.165) is 18.5 Å². The van der Waals surface area contributed by atoms with Crippen LogP contribution >= 0.6 is 22.9 Å². The van der Waals surface area contributed by atoms with Gasteiger partial charge in [-0.25, -0.2) is 0 Å². The van der Waals surface area contributed by atoms with Gasteiger partial charge in [0.05, 0.1) is 12.6 Å². The van der Waals surface area contributed by atoms with Crippen molar-refractivity contribution in [2.24, 2.45) is 0 Å². The van der Waals surface area contributed by atoms with E-state index in [1.807, 2.05) is 29.2 Å². The van der Waals surface area contributed by atoms with Gasteiger partial charge in [-0.05, 0) is 35.1 Å². The van der Waals surface area contributed by atoms with E-state index in [1.54, 1.807) is 11.3 Å². The Morgan fingerprint density at radius 1 is 1.35 bits per heavy atom. The van der Waals surface area contributed by atoms with Crippen LogP contribution < -0.4 is 0 Å². The summed E-state index contributed by atoms with van der Waals surface area (Å²) in [6.45, 7) is 0.779. The van der Waals surface area contributed by atoms with Gasteiger partial charge < -0.3 is 5.11 Å². The van der Waals surface area contributed by atoms with E-state index in [1.165, 1.54) is 10.4 Å². The number of carboxylic acids is 1. The van der Waals surface area contributed by atoms with Crippen molar-refractivity contribution in [3.8, 4) is 0 Å². The maximum Gasteiger partial charge on any atom is 0.317 e. The summed E-state index contributed by atoms with van der Waals surface area (Å²) in [4.78, 5) is 14.4. The molecule has 1 N–H and O–H groups in total. The summed E-state index contributed by atoms with van der Waals surface area (Å²) < 4.78 is 0. The van der Waals surface area contributed by atoms with Crippen molar-refractivity contribution < 1.29 is 9.90 Å². The quantitative estimate of drug-likeness (QED) is 0.944. The predicted octanol–water partition coefficient (Wildman–Crippen LogP) is 3.43. The molecule has 0 amide bonds. The van der Waals surface area contributed by atoms with Gasteiger partial charge >= 0.3 is 5.97 Å². The van der Waals surface area contributed by atoms with Crippen molar-refractivity contribution in [2.75, 3.05) is 13.1 Å². The van der Waals surface area contributed by atoms with Crippen LogP contribution in [-0.2, 0) is 11.2 Å². The Kier molecular flexibility index (Phi) is 3.78. The predicted molar refractivity (Wildman–Crippen MR) is 80.5 cm³/mol. The number of carbonyl (C=O) groups is 1. The lowest BCUT2D eigenvalue weighted by Crippen LogP contribution is -2.39. The highest BCUT2D eigenvalue weighted by Crippen LogP contribution is 2.39. The van der Waals surface area contributed by atoms with Crippen LogP contribution in [0.2, 0.25) is 5.02 Å². The van der Waals surface area contributed by atoms with Crippen molar-refractivity contribution in [1.82, 2.24) is 4.90 Å². The van der Waals surface area contributed by atoms with Crippen LogP contribution in [0.25, 0.3) is 0 Å². The van der Waals surface area contributed by atoms with Gasteiger partial charge in [0, 0.05) is 16.4 Å². The van der Waals surface area contributed by atoms with E-state index >= 15 is 0 Å². The van der Waals surface area contributed by atoms with Gasteiger partial charge in [-0.15, -0.1) is 11.3 Å². The maximum absolute atomic E-state index is 11.1. The molecule has 2 heterocycles. The molecule has 0 saturated carbocycles. The number of carboxylic acid groups (broad SMARTS) is 1. The van der Waals surface area contributed by atoms with E-state index in [9.17, 15) is 4.79 Å². The number of nitrogens with zero attached hydrogens (tertiary/aromatic N) is 1. The summed E-state index contributed by atoms with van der Waals surface area (Å²) in [7, 11) is 0. The number of fused-ring (bicyclic) bond motifs is 1. The van der Waals surface area contributed by atoms with Crippen LogP contribution in [0.4, 0.5) is 0 Å². The fourth-order valence-electron chi connectivity index (χ4n) is 2.77. The zero-order valence-corrected chi connectivity index (χ0v) is 12.3. The molecule has 5 heteroatoms. The van der Waals surface area contributed by atoms with E-state index in [0.29, 0.717) is 5.02 Å². The number of hydrogen-bond acceptors (Lipinski definition) is 3. The van der Waals surface area contributed by atoms with Gasteiger partial charge in [0.25, 0.3) is 0 Å². The smallest absolute Gasteiger partial charge is 0.317 e. The SMILES string of the molecule is O=C(O)CN1CCc2sccc2[C@H]1c1ccccc1Cl. The van der Waals surface area contributed by atoms with Gasteiger partial charge in [0.1, 0.15) is 0 Å². The summed E-state index contributed by atoms with van der Waals surface area (Å²) >= 11 is 8.06. The minimum Gasteiger partial charge on any atom is -0.480 e. The summed E-state index contributed by atoms with van der Waals surface area (Å²) in [5, 5.41) is 11.9. The van der Waals surface area contributed by atoms with Crippen molar-refractivity contribution in [3.63, 3.8) is 0 Å². The highest BCUT2D eigenvalue weighted by Gasteiger charge is 2.31. The first-order chi connectivity index (χ1) is 9.66. The molecule has 0 fully saturated rings. The van der Waals surface area contributed by atoms with Crippen LogP contribution in [-0.4, -0.2) is 29.1 Å². The average molecular weight is 308 g/mol. The molecule has 0 radical (unpaired) electrons. The van der Waals surface area contributed by atoms with Crippen LogP contribution in [0.5, 0.6) is 0 Å². The minimum absolute atomic E-state index is 0.0329. The lowest BCUT2D eigenvalue weighted by molar-refractivity contribution is -0.138. The van der Waals surface area contributed by atoms with E-state index < -0.39 is 5.97 Å². The molecule has 1 aromatic heterocycles. The second-order valence-corrected chi connectivity index (χ2v) is 6.25. The summed E-state index contributed by atoms with van der Waals surface area (Å²) in [6.07, 6.45) is 0.904. The molecule has 2 aromatic rings. The van der Waals surface area contributed by atoms with Crippen molar-refractivity contribution in [1.29, 1.82) is 0 Å². The first-order valence-corrected chi connectivity index (χ1v) is 7.69. The molecule has 1 aliphatic rings. The number of benzene rings is 1. The summed E-state index contributed by atoms with van der Waals surface area (Å²) in [6, 6.07) is 9.70. The zero-order chi connectivity index (χ0) is 14.1. The summed E-state index contributed by atoms with van der Waals surface area (Å²) in [5.41, 5.74) is 2.17. The van der Waals surface area contributed by atoms with Gasteiger partial charge in [0.15, 0.2) is 0 Å². The molecule has 1 atom stereocenters. The molecule has 3 nitrogen and oxygen atoms in total. The monoisotopic (exact) mass is 307 g/mol. The lowest BCUT2D eigenvalue weighted by Gasteiger charge is -2.35. The number of aliphatic carboxylic acids is 1. The molecule has 0 unspecified atom stereocenters. The molecule has 0 spiro atoms. The highest BCUT2D eigenvalue weighted by atomic mass is 35.5. The van der Waals surface area contributed by atoms with Crippen LogP contribution in [0.1, 0.15) is 22.0 Å². The maximum atomic E-state index is 11.1. The van der Waals surface area contributed by atoms with E-state index in [-0.39, 0.29) is 12.6 Å². The Balaban J connectivity index is 2.07. The van der Waals surface area contributed by atoms with Crippen molar-refractivity contribution >= 4 is 28.9 Å². The summed E-state index contributed by atoms with van der Waals surface area (Å²) in [5.74, 6) is -0.805. The molecule has 3 rings (SSSR count). The number of thiophene rings is 1. The van der Waals surface area contributed by atoms with E-state index in [2.05, 4.69) is 11.4 Å². The fraction of sp³-hybridized carbons (Fsp3) is 0.267. The van der Waals surface area contributed by atoms with Gasteiger partial charge in [-0.3, -0.25) is 9.69 Å². The van der Waals surface area contributed by atoms with Gasteiger partial charge in [-0.2, -0.15) is 0 Å². The normalized spacial score (nSPS) is 18.8. The Bertz CT molecular complexity index is 640. The largest absolute Gasteiger partial charge is 0.480 e. The third-order valence-electron chi connectivity index (χ3n) is 3.60. The molecule has 104 valence electrons. The molecule has 0 saturated heterocycles. The van der Waals surface area contributed by atoms with Crippen molar-refractivity contribution in [3.05, 3.63) is 56.7 Å². The van der Waals surface area contributed by atoms with Gasteiger partial charge in [-0.1, -0.05) is 29.8 Å². The Morgan fingerprint density at radius 3 is 2.90 bits per heavy atom. The number of hydrogen-bond donors (Lipinski definition) is 1. The van der Waals surface area contributed by atoms with Crippen molar-refractivity contribution in [2.45, 2.75) is 12.5 Å². The average Bonchev–Trinajstić information content (AvgIpc) is 2.87.